The van der Waals surface area contributed by atoms with E-state index in [-0.39, 0.29) is 29.1 Å². The summed E-state index contributed by atoms with van der Waals surface area (Å²) in [4.78, 5) is 22.6. The summed E-state index contributed by atoms with van der Waals surface area (Å²) in [6, 6.07) is 3.38. The minimum atomic E-state index is -0.874. The third-order valence-electron chi connectivity index (χ3n) is 3.74. The van der Waals surface area contributed by atoms with Gasteiger partial charge in [-0.25, -0.2) is 9.18 Å². The summed E-state index contributed by atoms with van der Waals surface area (Å²) in [6.07, 6.45) is 2.54. The lowest BCUT2D eigenvalue weighted by Crippen LogP contribution is -2.44. The standard InChI is InChI=1S/C14H16ClFN2O3/c15-9-2-3-11(10(16)6-9)18-13(21)17-8-14(4-1-5-14)7-12(19)20/h2-3,6H,1,4-5,7-8H2,(H,19,20)(H2,17,18,21). The molecule has 1 aliphatic carbocycles. The Balaban J connectivity index is 1.88. The predicted octanol–water partition coefficient (Wildman–Crippen LogP) is 3.25. The number of anilines is 1. The van der Waals surface area contributed by atoms with E-state index in [0.29, 0.717) is 0 Å². The van der Waals surface area contributed by atoms with E-state index in [1.807, 2.05) is 0 Å². The molecule has 0 saturated heterocycles. The minimum Gasteiger partial charge on any atom is -0.481 e. The van der Waals surface area contributed by atoms with Gasteiger partial charge in [-0.2, -0.15) is 0 Å². The lowest BCUT2D eigenvalue weighted by molar-refractivity contribution is -0.141. The van der Waals surface area contributed by atoms with Crippen molar-refractivity contribution in [2.45, 2.75) is 25.7 Å². The second kappa shape index (κ2) is 6.30. The minimum absolute atomic E-state index is 0.0257. The van der Waals surface area contributed by atoms with Gasteiger partial charge in [0, 0.05) is 11.6 Å². The van der Waals surface area contributed by atoms with Crippen LogP contribution in [0, 0.1) is 11.2 Å². The summed E-state index contributed by atoms with van der Waals surface area (Å²) < 4.78 is 13.5. The van der Waals surface area contributed by atoms with Gasteiger partial charge in [-0.3, -0.25) is 4.79 Å². The highest BCUT2D eigenvalue weighted by molar-refractivity contribution is 6.30. The Morgan fingerprint density at radius 3 is 2.62 bits per heavy atom. The van der Waals surface area contributed by atoms with Gasteiger partial charge in [-0.05, 0) is 36.5 Å². The fourth-order valence-corrected chi connectivity index (χ4v) is 2.60. The Hall–Kier alpha value is -1.82. The number of benzene rings is 1. The number of urea groups is 1. The van der Waals surface area contributed by atoms with Gasteiger partial charge in [0.2, 0.25) is 0 Å². The molecule has 1 aliphatic rings. The number of halogens is 2. The zero-order valence-electron chi connectivity index (χ0n) is 11.3. The Morgan fingerprint density at radius 2 is 2.10 bits per heavy atom. The van der Waals surface area contributed by atoms with E-state index in [2.05, 4.69) is 10.6 Å². The number of carboxylic acid groups (broad SMARTS) is 1. The normalized spacial score (nSPS) is 15.9. The molecular weight excluding hydrogens is 299 g/mol. The largest absolute Gasteiger partial charge is 0.481 e. The molecule has 2 rings (SSSR count). The molecule has 0 radical (unpaired) electrons. The van der Waals surface area contributed by atoms with Crippen molar-refractivity contribution < 1.29 is 19.1 Å². The van der Waals surface area contributed by atoms with Gasteiger partial charge < -0.3 is 15.7 Å². The summed E-state index contributed by atoms with van der Waals surface area (Å²) >= 11 is 5.63. The van der Waals surface area contributed by atoms with Crippen LogP contribution < -0.4 is 10.6 Å². The van der Waals surface area contributed by atoms with Crippen molar-refractivity contribution in [3.05, 3.63) is 29.0 Å². The summed E-state index contributed by atoms with van der Waals surface area (Å²) in [5.74, 6) is -1.50. The van der Waals surface area contributed by atoms with Gasteiger partial charge in [-0.15, -0.1) is 0 Å². The Kier molecular flexibility index (Phi) is 4.67. The van der Waals surface area contributed by atoms with Crippen molar-refractivity contribution in [3.8, 4) is 0 Å². The van der Waals surface area contributed by atoms with E-state index in [1.54, 1.807) is 0 Å². The van der Waals surface area contributed by atoms with E-state index in [1.165, 1.54) is 12.1 Å². The number of nitrogens with one attached hydrogen (secondary N) is 2. The second-order valence-electron chi connectivity index (χ2n) is 5.36. The van der Waals surface area contributed by atoms with Gasteiger partial charge in [0.25, 0.3) is 0 Å². The van der Waals surface area contributed by atoms with Crippen molar-refractivity contribution in [2.75, 3.05) is 11.9 Å². The average Bonchev–Trinajstić information content (AvgIpc) is 2.35. The highest BCUT2D eigenvalue weighted by atomic mass is 35.5. The highest BCUT2D eigenvalue weighted by Crippen LogP contribution is 2.43. The number of carbonyl (C=O) groups excluding carboxylic acids is 1. The average molecular weight is 315 g/mol. The molecule has 0 unspecified atom stereocenters. The summed E-state index contributed by atoms with van der Waals surface area (Å²) in [6.45, 7) is 0.264. The third-order valence-corrected chi connectivity index (χ3v) is 3.98. The fourth-order valence-electron chi connectivity index (χ4n) is 2.44. The number of carbonyl (C=O) groups is 2. The quantitative estimate of drug-likeness (QED) is 0.780. The van der Waals surface area contributed by atoms with Crippen LogP contribution in [0.1, 0.15) is 25.7 Å². The lowest BCUT2D eigenvalue weighted by atomic mass is 9.66. The first kappa shape index (κ1) is 15.6. The maximum atomic E-state index is 13.5. The fraction of sp³-hybridized carbons (Fsp3) is 0.429. The van der Waals surface area contributed by atoms with Gasteiger partial charge in [0.05, 0.1) is 12.1 Å². The van der Waals surface area contributed by atoms with Crippen LogP contribution in [0.25, 0.3) is 0 Å². The number of carboxylic acids is 1. The van der Waals surface area contributed by atoms with E-state index < -0.39 is 17.8 Å². The van der Waals surface area contributed by atoms with Crippen molar-refractivity contribution in [1.29, 1.82) is 0 Å². The number of hydrogen-bond acceptors (Lipinski definition) is 2. The Bertz CT molecular complexity index is 561. The summed E-state index contributed by atoms with van der Waals surface area (Å²) in [7, 11) is 0. The molecule has 0 atom stereocenters. The van der Waals surface area contributed by atoms with Gasteiger partial charge >= 0.3 is 12.0 Å². The number of hydrogen-bond donors (Lipinski definition) is 3. The van der Waals surface area contributed by atoms with Crippen LogP contribution in [0.3, 0.4) is 0 Å². The highest BCUT2D eigenvalue weighted by Gasteiger charge is 2.39. The molecule has 5 nitrogen and oxygen atoms in total. The predicted molar refractivity (Wildman–Crippen MR) is 77.0 cm³/mol. The molecular formula is C14H16ClFN2O3. The van der Waals surface area contributed by atoms with Gasteiger partial charge in [0.15, 0.2) is 0 Å². The maximum absolute atomic E-state index is 13.5. The molecule has 1 saturated carbocycles. The number of rotatable bonds is 5. The SMILES string of the molecule is O=C(O)CC1(CNC(=O)Nc2ccc(Cl)cc2F)CCC1. The molecule has 1 fully saturated rings. The van der Waals surface area contributed by atoms with Crippen LogP contribution in [-0.2, 0) is 4.79 Å². The molecule has 0 spiro atoms. The van der Waals surface area contributed by atoms with Crippen LogP contribution in [0.2, 0.25) is 5.02 Å². The molecule has 3 N–H and O–H groups in total. The van der Waals surface area contributed by atoms with Gasteiger partial charge in [0.1, 0.15) is 5.82 Å². The van der Waals surface area contributed by atoms with Crippen molar-refractivity contribution >= 4 is 29.3 Å². The molecule has 7 heteroatoms. The van der Waals surface area contributed by atoms with E-state index in [0.717, 1.165) is 25.3 Å². The Morgan fingerprint density at radius 1 is 1.38 bits per heavy atom. The summed E-state index contributed by atoms with van der Waals surface area (Å²) in [5, 5.41) is 14.1. The molecule has 2 amide bonds. The third kappa shape index (κ3) is 4.07. The molecule has 21 heavy (non-hydrogen) atoms. The van der Waals surface area contributed by atoms with Crippen LogP contribution in [0.5, 0.6) is 0 Å². The first-order valence-electron chi connectivity index (χ1n) is 6.62. The number of aliphatic carboxylic acids is 1. The van der Waals surface area contributed by atoms with Crippen molar-refractivity contribution in [1.82, 2.24) is 5.32 Å². The zero-order chi connectivity index (χ0) is 15.5. The van der Waals surface area contributed by atoms with Crippen molar-refractivity contribution in [2.24, 2.45) is 5.41 Å². The van der Waals surface area contributed by atoms with Crippen LogP contribution in [-0.4, -0.2) is 23.7 Å². The first-order chi connectivity index (χ1) is 9.90. The second-order valence-corrected chi connectivity index (χ2v) is 5.79. The molecule has 0 aromatic heterocycles. The summed E-state index contributed by atoms with van der Waals surface area (Å²) in [5.41, 5.74) is -0.348. The molecule has 1 aromatic rings. The van der Waals surface area contributed by atoms with Gasteiger partial charge in [-0.1, -0.05) is 18.0 Å². The molecule has 0 aliphatic heterocycles. The van der Waals surface area contributed by atoms with Crippen LogP contribution in [0.15, 0.2) is 18.2 Å². The van der Waals surface area contributed by atoms with Crippen LogP contribution >= 0.6 is 11.6 Å². The van der Waals surface area contributed by atoms with E-state index in [9.17, 15) is 14.0 Å². The smallest absolute Gasteiger partial charge is 0.319 e. The number of amides is 2. The van der Waals surface area contributed by atoms with Crippen LogP contribution in [0.4, 0.5) is 14.9 Å². The molecule has 1 aromatic carbocycles. The lowest BCUT2D eigenvalue weighted by Gasteiger charge is -2.40. The topological polar surface area (TPSA) is 78.4 Å². The van der Waals surface area contributed by atoms with E-state index in [4.69, 9.17) is 16.7 Å². The van der Waals surface area contributed by atoms with E-state index >= 15 is 0 Å². The zero-order valence-corrected chi connectivity index (χ0v) is 12.0. The maximum Gasteiger partial charge on any atom is 0.319 e. The first-order valence-corrected chi connectivity index (χ1v) is 7.00. The van der Waals surface area contributed by atoms with Crippen molar-refractivity contribution in [3.63, 3.8) is 0 Å². The monoisotopic (exact) mass is 314 g/mol. The molecule has 0 bridgehead atoms. The molecule has 0 heterocycles. The Labute approximate surface area is 126 Å². The molecule has 114 valence electrons.